The fourth-order valence-electron chi connectivity index (χ4n) is 2.43. The second-order valence-electron chi connectivity index (χ2n) is 5.21. The van der Waals surface area contributed by atoms with E-state index in [1.807, 2.05) is 17.5 Å². The first-order chi connectivity index (χ1) is 12.1. The molecule has 0 bridgehead atoms. The van der Waals surface area contributed by atoms with Gasteiger partial charge in [0.05, 0.1) is 28.1 Å². The molecule has 0 saturated heterocycles. The molecule has 0 atom stereocenters. The Morgan fingerprint density at radius 1 is 1.12 bits per heavy atom. The summed E-state index contributed by atoms with van der Waals surface area (Å²) in [6.45, 7) is 0. The molecule has 1 aliphatic heterocycles. The van der Waals surface area contributed by atoms with Crippen LogP contribution in [-0.4, -0.2) is 27.8 Å². The average molecular weight is 354 g/mol. The minimum Gasteiger partial charge on any atom is -0.444 e. The summed E-state index contributed by atoms with van der Waals surface area (Å²) in [6.07, 6.45) is 1.13. The number of hydrogen-bond acceptors (Lipinski definition) is 7. The van der Waals surface area contributed by atoms with Crippen molar-refractivity contribution >= 4 is 29.1 Å². The van der Waals surface area contributed by atoms with Crippen LogP contribution in [0.1, 0.15) is 26.4 Å². The van der Waals surface area contributed by atoms with Gasteiger partial charge in [0.2, 0.25) is 5.89 Å². The maximum absolute atomic E-state index is 12.1. The molecule has 0 saturated carbocycles. The van der Waals surface area contributed by atoms with Crippen molar-refractivity contribution in [2.75, 3.05) is 0 Å². The summed E-state index contributed by atoms with van der Waals surface area (Å²) in [4.78, 5) is 46.3. The number of nitrogens with zero attached hydrogens (tertiary/aromatic N) is 2. The summed E-state index contributed by atoms with van der Waals surface area (Å²) in [6, 6.07) is 9.99. The van der Waals surface area contributed by atoms with Gasteiger partial charge in [-0.2, -0.15) is 0 Å². The van der Waals surface area contributed by atoms with Crippen LogP contribution in [-0.2, 0) is 16.1 Å². The lowest BCUT2D eigenvalue weighted by atomic mass is 10.1. The number of thiophene rings is 1. The van der Waals surface area contributed by atoms with Crippen molar-refractivity contribution < 1.29 is 23.6 Å². The third kappa shape index (κ3) is 2.72. The first-order valence-corrected chi connectivity index (χ1v) is 8.18. The molecule has 1 aromatic carbocycles. The van der Waals surface area contributed by atoms with Crippen LogP contribution >= 0.6 is 11.3 Å². The summed E-state index contributed by atoms with van der Waals surface area (Å²) < 4.78 is 5.32. The Balaban J connectivity index is 1.45. The van der Waals surface area contributed by atoms with E-state index >= 15 is 0 Å². The predicted molar refractivity (Wildman–Crippen MR) is 86.6 cm³/mol. The van der Waals surface area contributed by atoms with E-state index in [-0.39, 0.29) is 17.5 Å². The molecule has 3 heterocycles. The maximum atomic E-state index is 12.1. The van der Waals surface area contributed by atoms with Crippen LogP contribution < -0.4 is 0 Å². The Morgan fingerprint density at radius 2 is 1.84 bits per heavy atom. The highest BCUT2D eigenvalue weighted by Gasteiger charge is 2.38. The number of aromatic nitrogens is 1. The number of fused-ring (bicyclic) bond motifs is 1. The molecule has 124 valence electrons. The summed E-state index contributed by atoms with van der Waals surface area (Å²) in [5.41, 5.74) is 0.772. The lowest BCUT2D eigenvalue weighted by Crippen LogP contribution is -2.33. The molecule has 25 heavy (non-hydrogen) atoms. The summed E-state index contributed by atoms with van der Waals surface area (Å²) in [7, 11) is 0. The highest BCUT2D eigenvalue weighted by molar-refractivity contribution is 7.13. The van der Waals surface area contributed by atoms with E-state index in [9.17, 15) is 14.4 Å². The molecule has 0 radical (unpaired) electrons. The number of carbonyl (C=O) groups excluding carboxylic acids is 3. The van der Waals surface area contributed by atoms with Crippen molar-refractivity contribution in [1.82, 2.24) is 10.0 Å². The van der Waals surface area contributed by atoms with Crippen LogP contribution in [0.15, 0.2) is 52.5 Å². The number of rotatable bonds is 4. The van der Waals surface area contributed by atoms with Gasteiger partial charge in [0.15, 0.2) is 0 Å². The van der Waals surface area contributed by atoms with Crippen LogP contribution in [0.4, 0.5) is 0 Å². The van der Waals surface area contributed by atoms with E-state index in [1.54, 1.807) is 12.1 Å². The molecule has 0 aliphatic carbocycles. The minimum absolute atomic E-state index is 0.210. The van der Waals surface area contributed by atoms with E-state index in [4.69, 9.17) is 9.25 Å². The molecule has 2 aromatic heterocycles. The average Bonchev–Trinajstić information content (AvgIpc) is 3.33. The van der Waals surface area contributed by atoms with Gasteiger partial charge in [-0.15, -0.1) is 11.3 Å². The number of hydrogen-bond donors (Lipinski definition) is 0. The van der Waals surface area contributed by atoms with E-state index in [2.05, 4.69) is 4.98 Å². The highest BCUT2D eigenvalue weighted by atomic mass is 32.1. The Bertz CT molecular complexity index is 942. The number of benzene rings is 1. The van der Waals surface area contributed by atoms with Crippen molar-refractivity contribution in [3.63, 3.8) is 0 Å². The standard InChI is InChI=1S/C17H10N2O5S/c20-14(8-10-9-23-15(18-10)13-6-3-7-25-13)24-19-16(21)11-4-1-2-5-12(11)17(19)22/h1-7,9H,8H2. The Labute approximate surface area is 145 Å². The van der Waals surface area contributed by atoms with Crippen molar-refractivity contribution in [3.05, 3.63) is 64.9 Å². The molecule has 3 aromatic rings. The molecule has 2 amide bonds. The lowest BCUT2D eigenvalue weighted by Gasteiger charge is -2.11. The molecule has 4 rings (SSSR count). The highest BCUT2D eigenvalue weighted by Crippen LogP contribution is 2.25. The zero-order valence-electron chi connectivity index (χ0n) is 12.7. The van der Waals surface area contributed by atoms with Gasteiger partial charge in [0, 0.05) is 0 Å². The second kappa shape index (κ2) is 5.99. The Kier molecular flexibility index (Phi) is 3.66. The van der Waals surface area contributed by atoms with Gasteiger partial charge < -0.3 is 9.25 Å². The predicted octanol–water partition coefficient (Wildman–Crippen LogP) is 2.70. The Hall–Kier alpha value is -3.26. The topological polar surface area (TPSA) is 89.7 Å². The van der Waals surface area contributed by atoms with Crippen LogP contribution in [0.3, 0.4) is 0 Å². The van der Waals surface area contributed by atoms with Crippen molar-refractivity contribution in [2.24, 2.45) is 0 Å². The maximum Gasteiger partial charge on any atom is 0.339 e. The molecule has 7 nitrogen and oxygen atoms in total. The second-order valence-corrected chi connectivity index (χ2v) is 6.16. The first kappa shape index (κ1) is 15.3. The van der Waals surface area contributed by atoms with E-state index in [0.29, 0.717) is 16.6 Å². The van der Waals surface area contributed by atoms with Gasteiger partial charge in [0.25, 0.3) is 11.8 Å². The SMILES string of the molecule is O=C(Cc1coc(-c2cccs2)n1)ON1C(=O)c2ccccc2C1=O. The van der Waals surface area contributed by atoms with E-state index in [0.717, 1.165) is 4.88 Å². The fraction of sp³-hybridized carbons (Fsp3) is 0.0588. The van der Waals surface area contributed by atoms with E-state index in [1.165, 1.54) is 29.7 Å². The fourth-order valence-corrected chi connectivity index (χ4v) is 3.09. The smallest absolute Gasteiger partial charge is 0.339 e. The summed E-state index contributed by atoms with van der Waals surface area (Å²) in [5, 5.41) is 2.36. The summed E-state index contributed by atoms with van der Waals surface area (Å²) in [5.74, 6) is -1.69. The van der Waals surface area contributed by atoms with Gasteiger partial charge in [-0.1, -0.05) is 23.3 Å². The van der Waals surface area contributed by atoms with Crippen molar-refractivity contribution in [1.29, 1.82) is 0 Å². The molecule has 8 heteroatoms. The molecule has 0 unspecified atom stereocenters. The third-order valence-corrected chi connectivity index (χ3v) is 4.42. The molecule has 0 fully saturated rings. The van der Waals surface area contributed by atoms with Crippen LogP contribution in [0.2, 0.25) is 0 Å². The molecule has 1 aliphatic rings. The van der Waals surface area contributed by atoms with Crippen molar-refractivity contribution in [2.45, 2.75) is 6.42 Å². The number of oxazole rings is 1. The molecular weight excluding hydrogens is 344 g/mol. The van der Waals surface area contributed by atoms with Gasteiger partial charge in [-0.3, -0.25) is 9.59 Å². The normalized spacial score (nSPS) is 13.2. The molecular formula is C17H10N2O5S. The quantitative estimate of drug-likeness (QED) is 0.669. The van der Waals surface area contributed by atoms with Gasteiger partial charge in [0.1, 0.15) is 6.26 Å². The third-order valence-electron chi connectivity index (χ3n) is 3.56. The monoisotopic (exact) mass is 354 g/mol. The number of hydroxylamine groups is 2. The summed E-state index contributed by atoms with van der Waals surface area (Å²) >= 11 is 1.46. The number of carbonyl (C=O) groups is 3. The van der Waals surface area contributed by atoms with Crippen molar-refractivity contribution in [3.8, 4) is 10.8 Å². The van der Waals surface area contributed by atoms with Crippen LogP contribution in [0, 0.1) is 0 Å². The largest absolute Gasteiger partial charge is 0.444 e. The number of amides is 2. The first-order valence-electron chi connectivity index (χ1n) is 7.30. The van der Waals surface area contributed by atoms with Gasteiger partial charge >= 0.3 is 5.97 Å². The molecule has 0 spiro atoms. The van der Waals surface area contributed by atoms with Crippen LogP contribution in [0.25, 0.3) is 10.8 Å². The minimum atomic E-state index is -0.777. The number of imide groups is 1. The molecule has 0 N–H and O–H groups in total. The van der Waals surface area contributed by atoms with Gasteiger partial charge in [-0.25, -0.2) is 9.78 Å². The van der Waals surface area contributed by atoms with Crippen LogP contribution in [0.5, 0.6) is 0 Å². The van der Waals surface area contributed by atoms with Gasteiger partial charge in [-0.05, 0) is 23.6 Å². The lowest BCUT2D eigenvalue weighted by molar-refractivity contribution is -0.167. The zero-order valence-corrected chi connectivity index (χ0v) is 13.5. The Morgan fingerprint density at radius 3 is 2.48 bits per heavy atom. The zero-order chi connectivity index (χ0) is 17.4. The van der Waals surface area contributed by atoms with E-state index < -0.39 is 17.8 Å².